The number of carbonyl (C=O) groups excluding carboxylic acids is 2. The molecule has 1 atom stereocenters. The highest BCUT2D eigenvalue weighted by Crippen LogP contribution is 2.27. The van der Waals surface area contributed by atoms with Crippen molar-refractivity contribution in [2.24, 2.45) is 0 Å². The Kier molecular flexibility index (Phi) is 11.8. The van der Waals surface area contributed by atoms with Crippen LogP contribution < -0.4 is 14.4 Å². The van der Waals surface area contributed by atoms with Crippen molar-refractivity contribution < 1.29 is 22.7 Å². The molecular weight excluding hydrogens is 631 g/mol. The van der Waals surface area contributed by atoms with E-state index in [0.717, 1.165) is 25.9 Å². The van der Waals surface area contributed by atoms with Crippen LogP contribution in [0, 0.1) is 6.92 Å². The first-order valence-corrected chi connectivity index (χ1v) is 18.0. The molecule has 0 aromatic heterocycles. The fraction of sp³-hybridized carbons (Fsp3) is 0.297. The number of ether oxygens (including phenoxy) is 1. The van der Waals surface area contributed by atoms with Gasteiger partial charge in [-0.3, -0.25) is 13.9 Å². The summed E-state index contributed by atoms with van der Waals surface area (Å²) in [5.41, 5.74) is 2.32. The van der Waals surface area contributed by atoms with Gasteiger partial charge in [0.25, 0.3) is 10.0 Å². The van der Waals surface area contributed by atoms with Crippen molar-refractivity contribution in [1.29, 1.82) is 0 Å². The first-order chi connectivity index (χ1) is 22.3. The van der Waals surface area contributed by atoms with E-state index >= 15 is 0 Å². The molecule has 47 heavy (non-hydrogen) atoms. The lowest BCUT2D eigenvalue weighted by atomic mass is 10.0. The van der Waals surface area contributed by atoms with Crippen molar-refractivity contribution in [3.63, 3.8) is 0 Å². The van der Waals surface area contributed by atoms with E-state index in [0.29, 0.717) is 11.4 Å². The molecule has 1 N–H and O–H groups in total. The molecule has 0 bridgehead atoms. The van der Waals surface area contributed by atoms with Gasteiger partial charge in [0.15, 0.2) is 0 Å². The molecule has 1 unspecified atom stereocenters. The maximum atomic E-state index is 14.6. The van der Waals surface area contributed by atoms with Crippen LogP contribution in [0.3, 0.4) is 0 Å². The average molecular weight is 674 g/mol. The number of hydrogen-bond acceptors (Lipinski definition) is 6. The van der Waals surface area contributed by atoms with E-state index in [9.17, 15) is 18.0 Å². The van der Waals surface area contributed by atoms with E-state index in [1.54, 1.807) is 49.6 Å². The number of nitrogens with one attached hydrogen (secondary N) is 1. The van der Waals surface area contributed by atoms with Gasteiger partial charge >= 0.3 is 0 Å². The molecule has 0 aliphatic rings. The summed E-state index contributed by atoms with van der Waals surface area (Å²) in [7, 11) is -2.62. The Bertz CT molecular complexity index is 1750. The lowest BCUT2D eigenvalue weighted by Gasteiger charge is -2.35. The Hall–Kier alpha value is -4.28. The number of benzene rings is 4. The Morgan fingerprint density at radius 3 is 2.11 bits per heavy atom. The van der Waals surface area contributed by atoms with Gasteiger partial charge in [0.05, 0.1) is 17.7 Å². The van der Waals surface area contributed by atoms with E-state index < -0.39 is 34.1 Å². The van der Waals surface area contributed by atoms with Gasteiger partial charge in [-0.1, -0.05) is 60.2 Å². The van der Waals surface area contributed by atoms with Gasteiger partial charge in [-0.25, -0.2) is 8.42 Å². The molecule has 248 valence electrons. The predicted molar refractivity (Wildman–Crippen MR) is 189 cm³/mol. The number of nitrogens with zero attached hydrogens (tertiary/aromatic N) is 2. The topological polar surface area (TPSA) is 96.0 Å². The molecule has 2 amide bonds. The number of carbonyl (C=O) groups is 2. The van der Waals surface area contributed by atoms with E-state index in [2.05, 4.69) is 5.32 Å². The highest BCUT2D eigenvalue weighted by Gasteiger charge is 2.35. The Balaban J connectivity index is 1.82. The molecule has 0 aliphatic carbocycles. The summed E-state index contributed by atoms with van der Waals surface area (Å²) < 4.78 is 35.1. The predicted octanol–water partition coefficient (Wildman–Crippen LogP) is 6.48. The minimum Gasteiger partial charge on any atom is -0.497 e. The zero-order valence-electron chi connectivity index (χ0n) is 27.8. The minimum atomic E-state index is -4.18. The first-order valence-electron chi connectivity index (χ1n) is 15.3. The third-order valence-corrected chi connectivity index (χ3v) is 10.0. The number of aryl methyl sites for hydroxylation is 1. The normalized spacial score (nSPS) is 12.2. The molecular formula is C37H43N3O5S2. The second kappa shape index (κ2) is 15.5. The third-order valence-electron chi connectivity index (χ3n) is 7.50. The van der Waals surface area contributed by atoms with Gasteiger partial charge in [0.1, 0.15) is 18.3 Å². The zero-order valence-corrected chi connectivity index (χ0v) is 29.4. The van der Waals surface area contributed by atoms with Gasteiger partial charge in [0, 0.05) is 23.4 Å². The van der Waals surface area contributed by atoms with E-state index in [1.165, 1.54) is 16.7 Å². The molecule has 0 radical (unpaired) electrons. The van der Waals surface area contributed by atoms with E-state index in [4.69, 9.17) is 4.74 Å². The number of amides is 2. The average Bonchev–Trinajstić information content (AvgIpc) is 3.05. The van der Waals surface area contributed by atoms with Gasteiger partial charge < -0.3 is 15.0 Å². The molecule has 0 spiro atoms. The van der Waals surface area contributed by atoms with Crippen LogP contribution in [-0.4, -0.2) is 56.6 Å². The van der Waals surface area contributed by atoms with Crippen molar-refractivity contribution in [1.82, 2.24) is 10.2 Å². The first kappa shape index (κ1) is 35.6. The fourth-order valence-electron chi connectivity index (χ4n) is 5.09. The van der Waals surface area contributed by atoms with Crippen molar-refractivity contribution in [3.8, 4) is 5.75 Å². The number of anilines is 1. The standard InChI is InChI=1S/C37H43N3O5S2/c1-27-15-17-30(18-16-27)40(47(43,44)33-21-19-32(46-6)20-22-33)26-35(41)39(25-29-13-10-14-31(23-29)45-5)34(36(42)38-37(2,3)4)24-28-11-8-7-9-12-28/h7-23,34H,24-26H2,1-6H3,(H,38,42). The second-order valence-electron chi connectivity index (χ2n) is 12.3. The fourth-order valence-corrected chi connectivity index (χ4v) is 6.91. The lowest BCUT2D eigenvalue weighted by Crippen LogP contribution is -2.56. The molecule has 4 aromatic carbocycles. The Labute approximate surface area is 283 Å². The summed E-state index contributed by atoms with van der Waals surface area (Å²) in [5.74, 6) is -0.260. The highest BCUT2D eigenvalue weighted by molar-refractivity contribution is 7.98. The largest absolute Gasteiger partial charge is 0.497 e. The molecule has 0 heterocycles. The molecule has 4 aromatic rings. The van der Waals surface area contributed by atoms with Crippen LogP contribution in [-0.2, 0) is 32.6 Å². The molecule has 4 rings (SSSR count). The molecule has 0 saturated heterocycles. The van der Waals surface area contributed by atoms with Crippen LogP contribution in [0.5, 0.6) is 5.75 Å². The smallest absolute Gasteiger partial charge is 0.264 e. The van der Waals surface area contributed by atoms with E-state index in [1.807, 2.05) is 94.6 Å². The lowest BCUT2D eigenvalue weighted by molar-refractivity contribution is -0.140. The van der Waals surface area contributed by atoms with Gasteiger partial charge in [0.2, 0.25) is 11.8 Å². The van der Waals surface area contributed by atoms with Gasteiger partial charge in [-0.05, 0) is 93.6 Å². The molecule has 0 saturated carbocycles. The van der Waals surface area contributed by atoms with Crippen molar-refractivity contribution in [2.75, 3.05) is 24.2 Å². The molecule has 0 aliphatic heterocycles. The van der Waals surface area contributed by atoms with Gasteiger partial charge in [-0.2, -0.15) is 0 Å². The Morgan fingerprint density at radius 2 is 1.51 bits per heavy atom. The van der Waals surface area contributed by atoms with Crippen molar-refractivity contribution in [3.05, 3.63) is 120 Å². The molecule has 8 nitrogen and oxygen atoms in total. The summed E-state index contributed by atoms with van der Waals surface area (Å²) >= 11 is 1.51. The Morgan fingerprint density at radius 1 is 0.872 bits per heavy atom. The minimum absolute atomic E-state index is 0.0509. The maximum Gasteiger partial charge on any atom is 0.264 e. The number of thioether (sulfide) groups is 1. The summed E-state index contributed by atoms with van der Waals surface area (Å²) in [5, 5.41) is 3.05. The van der Waals surface area contributed by atoms with Crippen LogP contribution in [0.15, 0.2) is 113 Å². The monoisotopic (exact) mass is 673 g/mol. The van der Waals surface area contributed by atoms with Crippen molar-refractivity contribution in [2.45, 2.75) is 62.0 Å². The highest BCUT2D eigenvalue weighted by atomic mass is 32.2. The van der Waals surface area contributed by atoms with Crippen LogP contribution in [0.1, 0.15) is 37.5 Å². The summed E-state index contributed by atoms with van der Waals surface area (Å²) in [6.07, 6.45) is 2.14. The van der Waals surface area contributed by atoms with Gasteiger partial charge in [-0.15, -0.1) is 11.8 Å². The van der Waals surface area contributed by atoms with Crippen LogP contribution >= 0.6 is 11.8 Å². The summed E-state index contributed by atoms with van der Waals surface area (Å²) in [6, 6.07) is 29.4. The number of rotatable bonds is 13. The SMILES string of the molecule is COc1cccc(CN(C(=O)CN(c2ccc(C)cc2)S(=O)(=O)c2ccc(SC)cc2)C(Cc2ccccc2)C(=O)NC(C)(C)C)c1. The number of hydrogen-bond donors (Lipinski definition) is 1. The molecule has 0 fully saturated rings. The zero-order chi connectivity index (χ0) is 34.2. The number of methoxy groups -OCH3 is 1. The van der Waals surface area contributed by atoms with Crippen LogP contribution in [0.4, 0.5) is 5.69 Å². The summed E-state index contributed by atoms with van der Waals surface area (Å²) in [4.78, 5) is 31.1. The van der Waals surface area contributed by atoms with E-state index in [-0.39, 0.29) is 23.8 Å². The summed E-state index contributed by atoms with van der Waals surface area (Å²) in [6.45, 7) is 7.09. The van der Waals surface area contributed by atoms with Crippen LogP contribution in [0.25, 0.3) is 0 Å². The number of sulfonamides is 1. The second-order valence-corrected chi connectivity index (χ2v) is 15.1. The van der Waals surface area contributed by atoms with Crippen molar-refractivity contribution >= 4 is 39.3 Å². The molecule has 10 heteroatoms. The van der Waals surface area contributed by atoms with Crippen LogP contribution in [0.2, 0.25) is 0 Å². The quantitative estimate of drug-likeness (QED) is 0.163. The maximum absolute atomic E-state index is 14.6. The third kappa shape index (κ3) is 9.62.